The number of amides is 5. The number of carboxylic acid groups (broad SMARTS) is 2. The Morgan fingerprint density at radius 2 is 1.25 bits per heavy atom. The van der Waals surface area contributed by atoms with Crippen LogP contribution in [0.5, 0.6) is 0 Å². The summed E-state index contributed by atoms with van der Waals surface area (Å²) in [5.74, 6) is -8.08. The van der Waals surface area contributed by atoms with Crippen LogP contribution in [0.3, 0.4) is 0 Å². The number of carbonyl (C=O) groups excluding carboxylic acids is 5. The van der Waals surface area contributed by atoms with E-state index < -0.39 is 78.5 Å². The molecule has 32 heavy (non-hydrogen) atoms. The van der Waals surface area contributed by atoms with E-state index in [1.807, 2.05) is 5.32 Å². The van der Waals surface area contributed by atoms with Crippen LogP contribution in [0, 0.1) is 0 Å². The third-order valence-corrected chi connectivity index (χ3v) is 4.24. The number of hydrogen-bond acceptors (Lipinski definition) is 9. The molecular formula is C16H26N6O9S. The standard InChI is InChI=1S/C16H26N6O9S/c17-6(3-11(19)24)13(27)22-9(5-32)15(29)21-8(4-12(25)26)14(28)20-7(16(30)31)1-2-10(18)23/h6-9,32H,1-5,17H2,(H2,18,23)(H2,19,24)(H,20,28)(H,21,29)(H,22,27)(H,25,26)(H,30,31). The van der Waals surface area contributed by atoms with Crippen molar-refractivity contribution in [3.05, 3.63) is 0 Å². The van der Waals surface area contributed by atoms with E-state index in [0.717, 1.165) is 0 Å². The average Bonchev–Trinajstić information content (AvgIpc) is 2.66. The number of hydrogen-bond donors (Lipinski definition) is 9. The van der Waals surface area contributed by atoms with E-state index in [0.29, 0.717) is 0 Å². The molecule has 0 radical (unpaired) electrons. The van der Waals surface area contributed by atoms with Crippen LogP contribution in [0.1, 0.15) is 25.7 Å². The molecule has 0 spiro atoms. The third-order valence-electron chi connectivity index (χ3n) is 3.88. The Morgan fingerprint density at radius 3 is 1.69 bits per heavy atom. The summed E-state index contributed by atoms with van der Waals surface area (Å²) in [6.07, 6.45) is -2.16. The van der Waals surface area contributed by atoms with Crippen LogP contribution in [0.2, 0.25) is 0 Å². The van der Waals surface area contributed by atoms with Crippen molar-refractivity contribution in [2.45, 2.75) is 49.9 Å². The van der Waals surface area contributed by atoms with Crippen molar-refractivity contribution in [2.24, 2.45) is 17.2 Å². The first kappa shape index (κ1) is 28.6. The average molecular weight is 478 g/mol. The number of aliphatic carboxylic acids is 2. The Bertz CT molecular complexity index is 762. The molecule has 0 aliphatic heterocycles. The highest BCUT2D eigenvalue weighted by Crippen LogP contribution is 2.02. The lowest BCUT2D eigenvalue weighted by Crippen LogP contribution is -2.58. The minimum absolute atomic E-state index is 0.293. The summed E-state index contributed by atoms with van der Waals surface area (Å²) in [7, 11) is 0. The van der Waals surface area contributed by atoms with Crippen molar-refractivity contribution in [1.82, 2.24) is 16.0 Å². The van der Waals surface area contributed by atoms with E-state index in [2.05, 4.69) is 23.3 Å². The fourth-order valence-corrected chi connectivity index (χ4v) is 2.51. The molecule has 180 valence electrons. The number of nitrogens with one attached hydrogen (secondary N) is 3. The van der Waals surface area contributed by atoms with Crippen LogP contribution >= 0.6 is 12.6 Å². The number of thiol groups is 1. The molecule has 11 N–H and O–H groups in total. The molecule has 0 aromatic heterocycles. The first-order chi connectivity index (χ1) is 14.8. The van der Waals surface area contributed by atoms with Crippen molar-refractivity contribution in [3.8, 4) is 0 Å². The molecule has 0 fully saturated rings. The van der Waals surface area contributed by atoms with Gasteiger partial charge in [-0.3, -0.25) is 28.8 Å². The Balaban J connectivity index is 5.30. The van der Waals surface area contributed by atoms with Crippen LogP contribution in [-0.4, -0.2) is 81.6 Å². The summed E-state index contributed by atoms with van der Waals surface area (Å²) in [4.78, 5) is 80.8. The van der Waals surface area contributed by atoms with Crippen molar-refractivity contribution < 1.29 is 43.8 Å². The Labute approximate surface area is 187 Å². The van der Waals surface area contributed by atoms with Gasteiger partial charge in [0.15, 0.2) is 0 Å². The quantitative estimate of drug-likeness (QED) is 0.102. The van der Waals surface area contributed by atoms with Crippen LogP contribution in [-0.2, 0) is 33.6 Å². The fraction of sp³-hybridized carbons (Fsp3) is 0.562. The van der Waals surface area contributed by atoms with Gasteiger partial charge in [0, 0.05) is 12.2 Å². The highest BCUT2D eigenvalue weighted by Gasteiger charge is 2.31. The maximum absolute atomic E-state index is 12.4. The molecule has 0 aliphatic rings. The van der Waals surface area contributed by atoms with E-state index in [1.165, 1.54) is 0 Å². The van der Waals surface area contributed by atoms with E-state index in [1.54, 1.807) is 0 Å². The molecule has 0 aromatic carbocycles. The number of carboxylic acids is 2. The summed E-state index contributed by atoms with van der Waals surface area (Å²) in [6, 6.07) is -6.04. The van der Waals surface area contributed by atoms with Gasteiger partial charge in [-0.15, -0.1) is 0 Å². The maximum Gasteiger partial charge on any atom is 0.326 e. The van der Waals surface area contributed by atoms with Gasteiger partial charge in [0.1, 0.15) is 18.1 Å². The van der Waals surface area contributed by atoms with Gasteiger partial charge in [0.05, 0.1) is 18.9 Å². The molecule has 0 saturated heterocycles. The van der Waals surface area contributed by atoms with Crippen LogP contribution in [0.4, 0.5) is 0 Å². The molecule has 16 heteroatoms. The number of carbonyl (C=O) groups is 7. The zero-order valence-corrected chi connectivity index (χ0v) is 17.7. The van der Waals surface area contributed by atoms with Crippen molar-refractivity contribution >= 4 is 54.1 Å². The lowest BCUT2D eigenvalue weighted by Gasteiger charge is -2.23. The molecule has 0 aliphatic carbocycles. The van der Waals surface area contributed by atoms with Crippen molar-refractivity contribution in [3.63, 3.8) is 0 Å². The molecule has 0 bridgehead atoms. The van der Waals surface area contributed by atoms with Gasteiger partial charge in [-0.2, -0.15) is 12.6 Å². The first-order valence-electron chi connectivity index (χ1n) is 9.07. The summed E-state index contributed by atoms with van der Waals surface area (Å²) in [5.41, 5.74) is 15.4. The van der Waals surface area contributed by atoms with Gasteiger partial charge in [-0.25, -0.2) is 4.79 Å². The van der Waals surface area contributed by atoms with E-state index >= 15 is 0 Å². The Morgan fingerprint density at radius 1 is 0.750 bits per heavy atom. The largest absolute Gasteiger partial charge is 0.481 e. The lowest BCUT2D eigenvalue weighted by molar-refractivity contribution is -0.143. The molecule has 0 rings (SSSR count). The topological polar surface area (TPSA) is 274 Å². The summed E-state index contributed by atoms with van der Waals surface area (Å²) in [5, 5.41) is 24.4. The van der Waals surface area contributed by atoms with Crippen molar-refractivity contribution in [1.29, 1.82) is 0 Å². The van der Waals surface area contributed by atoms with E-state index in [4.69, 9.17) is 27.4 Å². The van der Waals surface area contributed by atoms with Crippen LogP contribution in [0.25, 0.3) is 0 Å². The molecule has 0 saturated carbocycles. The second-order valence-corrected chi connectivity index (χ2v) is 6.95. The molecule has 15 nitrogen and oxygen atoms in total. The minimum atomic E-state index is -1.73. The monoisotopic (exact) mass is 478 g/mol. The summed E-state index contributed by atoms with van der Waals surface area (Å²) >= 11 is 3.89. The molecule has 0 heterocycles. The minimum Gasteiger partial charge on any atom is -0.481 e. The Kier molecular flexibility index (Phi) is 12.3. The zero-order valence-electron chi connectivity index (χ0n) is 16.8. The van der Waals surface area contributed by atoms with Gasteiger partial charge >= 0.3 is 11.9 Å². The maximum atomic E-state index is 12.4. The second-order valence-electron chi connectivity index (χ2n) is 6.58. The molecule has 5 amide bonds. The smallest absolute Gasteiger partial charge is 0.326 e. The number of rotatable bonds is 15. The normalized spacial score (nSPS) is 14.2. The predicted molar refractivity (Wildman–Crippen MR) is 110 cm³/mol. The van der Waals surface area contributed by atoms with Gasteiger partial charge < -0.3 is 43.4 Å². The first-order valence-corrected chi connectivity index (χ1v) is 9.70. The van der Waals surface area contributed by atoms with E-state index in [-0.39, 0.29) is 18.6 Å². The number of nitrogens with two attached hydrogens (primary N) is 3. The molecular weight excluding hydrogens is 452 g/mol. The van der Waals surface area contributed by atoms with Gasteiger partial charge in [-0.05, 0) is 6.42 Å². The summed E-state index contributed by atoms with van der Waals surface area (Å²) in [6.45, 7) is 0. The van der Waals surface area contributed by atoms with Crippen molar-refractivity contribution in [2.75, 3.05) is 5.75 Å². The zero-order chi connectivity index (χ0) is 25.0. The summed E-state index contributed by atoms with van der Waals surface area (Å²) < 4.78 is 0. The van der Waals surface area contributed by atoms with Gasteiger partial charge in [-0.1, -0.05) is 0 Å². The molecule has 4 atom stereocenters. The van der Waals surface area contributed by atoms with Gasteiger partial charge in [0.2, 0.25) is 29.5 Å². The highest BCUT2D eigenvalue weighted by molar-refractivity contribution is 7.80. The Hall–Kier alpha value is -3.40. The van der Waals surface area contributed by atoms with Gasteiger partial charge in [0.25, 0.3) is 0 Å². The lowest BCUT2D eigenvalue weighted by atomic mass is 10.1. The fourth-order valence-electron chi connectivity index (χ4n) is 2.25. The SMILES string of the molecule is NC(=O)CCC(NC(=O)C(CC(=O)O)NC(=O)C(CS)NC(=O)C(N)CC(N)=O)C(=O)O. The highest BCUT2D eigenvalue weighted by atomic mass is 32.1. The molecule has 4 unspecified atom stereocenters. The van der Waals surface area contributed by atoms with Crippen LogP contribution < -0.4 is 33.2 Å². The van der Waals surface area contributed by atoms with Crippen LogP contribution in [0.15, 0.2) is 0 Å². The predicted octanol–water partition coefficient (Wildman–Crippen LogP) is -4.60. The third kappa shape index (κ3) is 11.1. The molecule has 0 aromatic rings. The second kappa shape index (κ2) is 13.8. The number of primary amides is 2. The van der Waals surface area contributed by atoms with E-state index in [9.17, 15) is 33.6 Å².